The van der Waals surface area contributed by atoms with Crippen LogP contribution in [-0.4, -0.2) is 29.2 Å². The first kappa shape index (κ1) is 12.4. The van der Waals surface area contributed by atoms with Gasteiger partial charge in [-0.25, -0.2) is 4.98 Å². The quantitative estimate of drug-likeness (QED) is 0.915. The van der Waals surface area contributed by atoms with Gasteiger partial charge in [0.05, 0.1) is 23.9 Å². The minimum Gasteiger partial charge on any atom is -0.341 e. The number of benzene rings is 1. The molecule has 1 fully saturated rings. The molecule has 1 N–H and O–H groups in total. The molecule has 19 heavy (non-hydrogen) atoms. The minimum atomic E-state index is 0.554. The fourth-order valence-corrected chi connectivity index (χ4v) is 2.53. The third kappa shape index (κ3) is 2.40. The number of nitrogens with one attached hydrogen (secondary N) is 1. The Balaban J connectivity index is 1.81. The minimum absolute atomic E-state index is 0.554. The average Bonchev–Trinajstić information content (AvgIpc) is 2.95. The molecular formula is C15H20N4. The van der Waals surface area contributed by atoms with Crippen molar-refractivity contribution in [2.24, 2.45) is 5.92 Å². The summed E-state index contributed by atoms with van der Waals surface area (Å²) in [5, 5.41) is 3.56. The molecule has 4 heteroatoms. The fourth-order valence-electron chi connectivity index (χ4n) is 2.53. The van der Waals surface area contributed by atoms with Crippen LogP contribution in [0.4, 0.5) is 5.82 Å². The summed E-state index contributed by atoms with van der Waals surface area (Å²) in [6.07, 6.45) is 3.08. The van der Waals surface area contributed by atoms with Crippen molar-refractivity contribution in [2.45, 2.75) is 26.3 Å². The molecule has 3 rings (SSSR count). The van der Waals surface area contributed by atoms with Crippen LogP contribution >= 0.6 is 0 Å². The number of nitrogens with zero attached hydrogens (tertiary/aromatic N) is 3. The summed E-state index contributed by atoms with van der Waals surface area (Å²) in [5.41, 5.74) is 1.92. The number of hydrogen-bond acceptors (Lipinski definition) is 4. The van der Waals surface area contributed by atoms with E-state index in [1.165, 1.54) is 6.42 Å². The summed E-state index contributed by atoms with van der Waals surface area (Å²) in [6, 6.07) is 8.56. The lowest BCUT2D eigenvalue weighted by Gasteiger charge is -2.19. The number of para-hydroxylation sites is 2. The molecule has 1 aromatic heterocycles. The molecule has 0 saturated carbocycles. The first-order chi connectivity index (χ1) is 9.28. The first-order valence-corrected chi connectivity index (χ1v) is 6.98. The highest BCUT2D eigenvalue weighted by atomic mass is 15.3. The van der Waals surface area contributed by atoms with Gasteiger partial charge in [0, 0.05) is 12.6 Å². The molecule has 2 aromatic rings. The van der Waals surface area contributed by atoms with Crippen LogP contribution in [0.1, 0.15) is 20.3 Å². The zero-order valence-corrected chi connectivity index (χ0v) is 11.5. The Bertz CT molecular complexity index is 569. The van der Waals surface area contributed by atoms with Gasteiger partial charge < -0.3 is 4.90 Å². The fraction of sp³-hybridized carbons (Fsp3) is 0.467. The van der Waals surface area contributed by atoms with Gasteiger partial charge in [0.2, 0.25) is 0 Å². The summed E-state index contributed by atoms with van der Waals surface area (Å²) in [4.78, 5) is 11.5. The average molecular weight is 256 g/mol. The predicted octanol–water partition coefficient (Wildman–Crippen LogP) is 2.41. The Morgan fingerprint density at radius 1 is 1.37 bits per heavy atom. The maximum Gasteiger partial charge on any atom is 0.148 e. The zero-order chi connectivity index (χ0) is 13.2. The second-order valence-electron chi connectivity index (χ2n) is 5.29. The van der Waals surface area contributed by atoms with Crippen LogP contribution in [0, 0.1) is 5.92 Å². The number of fused-ring (bicyclic) bond motifs is 1. The van der Waals surface area contributed by atoms with Gasteiger partial charge in [-0.2, -0.15) is 0 Å². The normalized spacial score (nSPS) is 20.9. The van der Waals surface area contributed by atoms with E-state index in [0.29, 0.717) is 12.0 Å². The van der Waals surface area contributed by atoms with E-state index in [1.807, 2.05) is 30.5 Å². The van der Waals surface area contributed by atoms with Crippen molar-refractivity contribution in [1.29, 1.82) is 0 Å². The van der Waals surface area contributed by atoms with E-state index < -0.39 is 0 Å². The summed E-state index contributed by atoms with van der Waals surface area (Å²) >= 11 is 0. The van der Waals surface area contributed by atoms with E-state index >= 15 is 0 Å². The van der Waals surface area contributed by atoms with Crippen LogP contribution in [0.15, 0.2) is 30.5 Å². The molecule has 2 unspecified atom stereocenters. The van der Waals surface area contributed by atoms with Crippen molar-refractivity contribution in [3.63, 3.8) is 0 Å². The van der Waals surface area contributed by atoms with Gasteiger partial charge >= 0.3 is 0 Å². The standard InChI is InChI=1S/C15H20N4/c1-3-11(2)14-9-19(10-17-14)15-8-16-12-6-4-5-7-13(12)18-15/h4-8,11,14,17H,3,9-10H2,1-2H3. The number of hydrogen-bond donors (Lipinski definition) is 1. The molecule has 2 atom stereocenters. The summed E-state index contributed by atoms with van der Waals surface area (Å²) < 4.78 is 0. The monoisotopic (exact) mass is 256 g/mol. The molecule has 2 heterocycles. The maximum atomic E-state index is 4.70. The molecule has 1 saturated heterocycles. The lowest BCUT2D eigenvalue weighted by atomic mass is 10.0. The van der Waals surface area contributed by atoms with Crippen molar-refractivity contribution >= 4 is 16.9 Å². The third-order valence-corrected chi connectivity index (χ3v) is 4.05. The molecule has 0 spiro atoms. The summed E-state index contributed by atoms with van der Waals surface area (Å²) in [6.45, 7) is 6.42. The highest BCUT2D eigenvalue weighted by molar-refractivity contribution is 5.75. The lowest BCUT2D eigenvalue weighted by molar-refractivity contribution is 0.425. The topological polar surface area (TPSA) is 41.1 Å². The molecule has 0 amide bonds. The van der Waals surface area contributed by atoms with Gasteiger partial charge in [-0.15, -0.1) is 0 Å². The molecule has 1 aliphatic rings. The predicted molar refractivity (Wildman–Crippen MR) is 78.1 cm³/mol. The van der Waals surface area contributed by atoms with Crippen molar-refractivity contribution in [2.75, 3.05) is 18.1 Å². The number of rotatable bonds is 3. The van der Waals surface area contributed by atoms with Gasteiger partial charge in [-0.1, -0.05) is 32.4 Å². The molecular weight excluding hydrogens is 236 g/mol. The highest BCUT2D eigenvalue weighted by Crippen LogP contribution is 2.20. The van der Waals surface area contributed by atoms with Crippen LogP contribution in [0.2, 0.25) is 0 Å². The van der Waals surface area contributed by atoms with Crippen LogP contribution < -0.4 is 10.2 Å². The second kappa shape index (κ2) is 5.13. The largest absolute Gasteiger partial charge is 0.341 e. The van der Waals surface area contributed by atoms with Crippen molar-refractivity contribution in [3.05, 3.63) is 30.5 Å². The zero-order valence-electron chi connectivity index (χ0n) is 11.5. The SMILES string of the molecule is CCC(C)C1CN(c2cnc3ccccc3n2)CN1. The van der Waals surface area contributed by atoms with E-state index in [2.05, 4.69) is 29.0 Å². The Morgan fingerprint density at radius 2 is 2.16 bits per heavy atom. The van der Waals surface area contributed by atoms with Gasteiger partial charge in [0.25, 0.3) is 0 Å². The van der Waals surface area contributed by atoms with E-state index in [4.69, 9.17) is 4.98 Å². The Morgan fingerprint density at radius 3 is 2.95 bits per heavy atom. The van der Waals surface area contributed by atoms with Gasteiger partial charge in [0.1, 0.15) is 5.82 Å². The smallest absolute Gasteiger partial charge is 0.148 e. The van der Waals surface area contributed by atoms with Crippen molar-refractivity contribution in [3.8, 4) is 0 Å². The van der Waals surface area contributed by atoms with Crippen LogP contribution in [0.5, 0.6) is 0 Å². The molecule has 4 nitrogen and oxygen atoms in total. The summed E-state index contributed by atoms with van der Waals surface area (Å²) in [5.74, 6) is 1.66. The van der Waals surface area contributed by atoms with Gasteiger partial charge in [0.15, 0.2) is 0 Å². The Labute approximate surface area is 113 Å². The van der Waals surface area contributed by atoms with Crippen molar-refractivity contribution < 1.29 is 0 Å². The molecule has 1 aromatic carbocycles. The van der Waals surface area contributed by atoms with Gasteiger partial charge in [-0.3, -0.25) is 10.3 Å². The molecule has 1 aliphatic heterocycles. The van der Waals surface area contributed by atoms with E-state index in [-0.39, 0.29) is 0 Å². The highest BCUT2D eigenvalue weighted by Gasteiger charge is 2.26. The van der Waals surface area contributed by atoms with Gasteiger partial charge in [-0.05, 0) is 18.1 Å². The second-order valence-corrected chi connectivity index (χ2v) is 5.29. The van der Waals surface area contributed by atoms with E-state index in [0.717, 1.165) is 30.1 Å². The molecule has 0 radical (unpaired) electrons. The third-order valence-electron chi connectivity index (χ3n) is 4.05. The lowest BCUT2D eigenvalue weighted by Crippen LogP contribution is -2.30. The number of anilines is 1. The van der Waals surface area contributed by atoms with Crippen LogP contribution in [-0.2, 0) is 0 Å². The molecule has 0 aliphatic carbocycles. The number of aromatic nitrogens is 2. The summed E-state index contributed by atoms with van der Waals surface area (Å²) in [7, 11) is 0. The Hall–Kier alpha value is -1.68. The van der Waals surface area contributed by atoms with Crippen molar-refractivity contribution in [1.82, 2.24) is 15.3 Å². The molecule has 100 valence electrons. The first-order valence-electron chi connectivity index (χ1n) is 6.98. The molecule has 0 bridgehead atoms. The Kier molecular flexibility index (Phi) is 3.34. The van der Waals surface area contributed by atoms with Crippen LogP contribution in [0.3, 0.4) is 0 Å². The maximum absolute atomic E-state index is 4.70. The van der Waals surface area contributed by atoms with Crippen LogP contribution in [0.25, 0.3) is 11.0 Å². The van der Waals surface area contributed by atoms with E-state index in [9.17, 15) is 0 Å². The van der Waals surface area contributed by atoms with E-state index in [1.54, 1.807) is 0 Å².